The predicted octanol–water partition coefficient (Wildman–Crippen LogP) is 2.66. The lowest BCUT2D eigenvalue weighted by molar-refractivity contribution is 0.182. The molecular weight excluding hydrogens is 218 g/mol. The van der Waals surface area contributed by atoms with Gasteiger partial charge in [0, 0.05) is 23.9 Å². The summed E-state index contributed by atoms with van der Waals surface area (Å²) in [7, 11) is 0. The van der Waals surface area contributed by atoms with Gasteiger partial charge in [-0.3, -0.25) is 0 Å². The fourth-order valence-corrected chi connectivity index (χ4v) is 3.45. The molecule has 1 rings (SSSR count). The first-order valence-electron chi connectivity index (χ1n) is 6.43. The van der Waals surface area contributed by atoms with Gasteiger partial charge in [-0.1, -0.05) is 27.7 Å². The third-order valence-corrected chi connectivity index (χ3v) is 4.86. The molecule has 96 valence electrons. The second-order valence-corrected chi connectivity index (χ2v) is 7.41. The molecule has 0 aliphatic carbocycles. The van der Waals surface area contributed by atoms with Crippen molar-refractivity contribution in [2.24, 2.45) is 5.41 Å². The van der Waals surface area contributed by atoms with Gasteiger partial charge in [0.25, 0.3) is 0 Å². The minimum Gasteiger partial charge on any atom is -0.396 e. The number of rotatable bonds is 4. The molecule has 0 aromatic rings. The van der Waals surface area contributed by atoms with E-state index in [2.05, 4.69) is 44.8 Å². The first kappa shape index (κ1) is 14.3. The van der Waals surface area contributed by atoms with E-state index in [1.54, 1.807) is 0 Å². The normalized spacial score (nSPS) is 29.1. The zero-order valence-electron chi connectivity index (χ0n) is 11.1. The monoisotopic (exact) mass is 245 g/mol. The highest BCUT2D eigenvalue weighted by atomic mass is 32.2. The van der Waals surface area contributed by atoms with Gasteiger partial charge >= 0.3 is 0 Å². The SMILES string of the molecule is CC1SCCCC1NC(CCO)C(C)(C)C. The van der Waals surface area contributed by atoms with Crippen LogP contribution in [-0.4, -0.2) is 34.8 Å². The van der Waals surface area contributed by atoms with Crippen molar-refractivity contribution in [3.63, 3.8) is 0 Å². The van der Waals surface area contributed by atoms with E-state index in [1.807, 2.05) is 0 Å². The predicted molar refractivity (Wildman–Crippen MR) is 73.0 cm³/mol. The number of aliphatic hydroxyl groups is 1. The van der Waals surface area contributed by atoms with E-state index in [0.29, 0.717) is 17.3 Å². The molecule has 0 amide bonds. The van der Waals surface area contributed by atoms with Crippen LogP contribution in [0.5, 0.6) is 0 Å². The van der Waals surface area contributed by atoms with Crippen LogP contribution >= 0.6 is 11.8 Å². The largest absolute Gasteiger partial charge is 0.396 e. The van der Waals surface area contributed by atoms with E-state index in [0.717, 1.165) is 6.42 Å². The van der Waals surface area contributed by atoms with Gasteiger partial charge in [-0.25, -0.2) is 0 Å². The van der Waals surface area contributed by atoms with E-state index in [1.165, 1.54) is 18.6 Å². The van der Waals surface area contributed by atoms with Gasteiger partial charge in [0.05, 0.1) is 0 Å². The van der Waals surface area contributed by atoms with Gasteiger partial charge in [-0.2, -0.15) is 11.8 Å². The summed E-state index contributed by atoms with van der Waals surface area (Å²) in [6.07, 6.45) is 3.46. The summed E-state index contributed by atoms with van der Waals surface area (Å²) < 4.78 is 0. The van der Waals surface area contributed by atoms with Gasteiger partial charge in [-0.05, 0) is 30.4 Å². The average molecular weight is 245 g/mol. The molecule has 0 bridgehead atoms. The van der Waals surface area contributed by atoms with Crippen LogP contribution in [0.4, 0.5) is 0 Å². The highest BCUT2D eigenvalue weighted by Gasteiger charge is 2.29. The fraction of sp³-hybridized carbons (Fsp3) is 1.00. The van der Waals surface area contributed by atoms with Gasteiger partial charge in [0.1, 0.15) is 0 Å². The molecule has 16 heavy (non-hydrogen) atoms. The molecule has 0 aromatic heterocycles. The van der Waals surface area contributed by atoms with Crippen LogP contribution in [0.25, 0.3) is 0 Å². The number of hydrogen-bond acceptors (Lipinski definition) is 3. The van der Waals surface area contributed by atoms with Crippen molar-refractivity contribution in [3.8, 4) is 0 Å². The molecule has 3 unspecified atom stereocenters. The molecule has 3 atom stereocenters. The Hall–Kier alpha value is 0.270. The molecule has 1 aliphatic rings. The minimum absolute atomic E-state index is 0.227. The Balaban J connectivity index is 2.53. The second-order valence-electron chi connectivity index (χ2n) is 5.92. The number of aliphatic hydroxyl groups excluding tert-OH is 1. The topological polar surface area (TPSA) is 32.3 Å². The molecule has 0 saturated carbocycles. The molecule has 1 saturated heterocycles. The van der Waals surface area contributed by atoms with E-state index in [4.69, 9.17) is 5.11 Å². The van der Waals surface area contributed by atoms with E-state index < -0.39 is 0 Å². The van der Waals surface area contributed by atoms with E-state index >= 15 is 0 Å². The lowest BCUT2D eigenvalue weighted by atomic mass is 9.84. The average Bonchev–Trinajstić information content (AvgIpc) is 2.19. The van der Waals surface area contributed by atoms with Crippen LogP contribution < -0.4 is 5.32 Å². The Labute approximate surface area is 105 Å². The fourth-order valence-electron chi connectivity index (χ4n) is 2.30. The third kappa shape index (κ3) is 4.27. The Morgan fingerprint density at radius 2 is 2.12 bits per heavy atom. The van der Waals surface area contributed by atoms with Crippen molar-refractivity contribution < 1.29 is 5.11 Å². The van der Waals surface area contributed by atoms with Crippen LogP contribution in [0.15, 0.2) is 0 Å². The maximum Gasteiger partial charge on any atom is 0.0446 e. The molecular formula is C13H27NOS. The van der Waals surface area contributed by atoms with Crippen molar-refractivity contribution in [2.75, 3.05) is 12.4 Å². The van der Waals surface area contributed by atoms with Gasteiger partial charge in [0.15, 0.2) is 0 Å². The molecule has 3 heteroatoms. The molecule has 1 fully saturated rings. The first-order chi connectivity index (χ1) is 7.45. The van der Waals surface area contributed by atoms with Crippen molar-refractivity contribution >= 4 is 11.8 Å². The molecule has 0 radical (unpaired) electrons. The maximum atomic E-state index is 9.15. The van der Waals surface area contributed by atoms with Crippen molar-refractivity contribution in [1.82, 2.24) is 5.32 Å². The summed E-state index contributed by atoms with van der Waals surface area (Å²) in [6, 6.07) is 1.04. The number of nitrogens with one attached hydrogen (secondary N) is 1. The Morgan fingerprint density at radius 1 is 1.44 bits per heavy atom. The molecule has 0 aromatic carbocycles. The zero-order valence-corrected chi connectivity index (χ0v) is 11.9. The third-order valence-electron chi connectivity index (χ3n) is 3.49. The summed E-state index contributed by atoms with van der Waals surface area (Å²) >= 11 is 2.07. The Morgan fingerprint density at radius 3 is 2.62 bits per heavy atom. The summed E-state index contributed by atoms with van der Waals surface area (Å²) in [6.45, 7) is 9.35. The van der Waals surface area contributed by atoms with Crippen LogP contribution in [0.2, 0.25) is 0 Å². The summed E-state index contributed by atoms with van der Waals surface area (Å²) in [5, 5.41) is 13.6. The summed E-state index contributed by atoms with van der Waals surface area (Å²) in [5.41, 5.74) is 0.227. The molecule has 0 spiro atoms. The maximum absolute atomic E-state index is 9.15. The second kappa shape index (κ2) is 6.27. The lowest BCUT2D eigenvalue weighted by Gasteiger charge is -2.38. The van der Waals surface area contributed by atoms with Crippen LogP contribution in [-0.2, 0) is 0 Å². The van der Waals surface area contributed by atoms with Crippen LogP contribution in [0.3, 0.4) is 0 Å². The highest BCUT2D eigenvalue weighted by Crippen LogP contribution is 2.28. The number of thioether (sulfide) groups is 1. The minimum atomic E-state index is 0.227. The molecule has 2 N–H and O–H groups in total. The number of hydrogen-bond donors (Lipinski definition) is 2. The zero-order chi connectivity index (χ0) is 12.2. The van der Waals surface area contributed by atoms with Crippen LogP contribution in [0, 0.1) is 5.41 Å². The van der Waals surface area contributed by atoms with Crippen LogP contribution in [0.1, 0.15) is 47.0 Å². The molecule has 1 heterocycles. The van der Waals surface area contributed by atoms with Gasteiger partial charge < -0.3 is 10.4 Å². The standard InChI is InChI=1S/C13H27NOS/c1-10-11(6-5-9-16-10)14-12(7-8-15)13(2,3)4/h10-12,14-15H,5-9H2,1-4H3. The Kier molecular flexibility index (Phi) is 5.62. The first-order valence-corrected chi connectivity index (χ1v) is 7.48. The quantitative estimate of drug-likeness (QED) is 0.798. The lowest BCUT2D eigenvalue weighted by Crippen LogP contribution is -2.50. The van der Waals surface area contributed by atoms with Crippen molar-refractivity contribution in [2.45, 2.75) is 64.3 Å². The van der Waals surface area contributed by atoms with Gasteiger partial charge in [-0.15, -0.1) is 0 Å². The van der Waals surface area contributed by atoms with Gasteiger partial charge in [0.2, 0.25) is 0 Å². The highest BCUT2D eigenvalue weighted by molar-refractivity contribution is 7.99. The van der Waals surface area contributed by atoms with E-state index in [9.17, 15) is 0 Å². The summed E-state index contributed by atoms with van der Waals surface area (Å²) in [5.74, 6) is 1.31. The Bertz CT molecular complexity index is 203. The smallest absolute Gasteiger partial charge is 0.0446 e. The molecule has 1 aliphatic heterocycles. The van der Waals surface area contributed by atoms with Crippen molar-refractivity contribution in [1.29, 1.82) is 0 Å². The van der Waals surface area contributed by atoms with E-state index in [-0.39, 0.29) is 12.0 Å². The summed E-state index contributed by atoms with van der Waals surface area (Å²) in [4.78, 5) is 0. The van der Waals surface area contributed by atoms with Crippen molar-refractivity contribution in [3.05, 3.63) is 0 Å². The molecule has 2 nitrogen and oxygen atoms in total.